The highest BCUT2D eigenvalue weighted by Gasteiger charge is 2.38. The van der Waals surface area contributed by atoms with Crippen LogP contribution in [0.25, 0.3) is 0 Å². The van der Waals surface area contributed by atoms with Gasteiger partial charge in [0.25, 0.3) is 5.91 Å². The SMILES string of the molecule is CCC1c2nnc(o2)NC(=O)NC(=O)[C@H](CC(=O)O)NC(=O)NC(=O)NC(=O)NC(=O)[C@@H]2CCCN12. The van der Waals surface area contributed by atoms with E-state index in [-0.39, 0.29) is 5.89 Å². The average Bonchev–Trinajstić information content (AvgIpc) is 3.43. The lowest BCUT2D eigenvalue weighted by Gasteiger charge is -2.29. The Morgan fingerprint density at radius 2 is 1.58 bits per heavy atom. The molecule has 1 unspecified atom stereocenters. The predicted molar refractivity (Wildman–Crippen MR) is 114 cm³/mol. The summed E-state index contributed by atoms with van der Waals surface area (Å²) in [7, 11) is 0. The third-order valence-corrected chi connectivity index (χ3v) is 5.26. The molecule has 3 atom stereocenters. The molecule has 10 amide bonds. The molecular formula is C18H23N9O9. The van der Waals surface area contributed by atoms with Crippen LogP contribution in [0, 0.1) is 0 Å². The van der Waals surface area contributed by atoms with Crippen molar-refractivity contribution < 1.29 is 43.1 Å². The number of rotatable bonds is 3. The number of carbonyl (C=O) groups excluding carboxylic acids is 6. The van der Waals surface area contributed by atoms with Crippen LogP contribution < -0.4 is 31.9 Å². The second-order valence-electron chi connectivity index (χ2n) is 7.73. The van der Waals surface area contributed by atoms with E-state index in [0.717, 1.165) is 0 Å². The van der Waals surface area contributed by atoms with Gasteiger partial charge in [-0.05, 0) is 25.8 Å². The second-order valence-corrected chi connectivity index (χ2v) is 7.73. The molecule has 3 heterocycles. The molecule has 2 bridgehead atoms. The summed E-state index contributed by atoms with van der Waals surface area (Å²) in [5.41, 5.74) is 0. The first kappa shape index (κ1) is 26.0. The van der Waals surface area contributed by atoms with Crippen LogP contribution in [0.2, 0.25) is 0 Å². The number of urea groups is 4. The minimum atomic E-state index is -1.80. The monoisotopic (exact) mass is 509 g/mol. The largest absolute Gasteiger partial charge is 0.481 e. The van der Waals surface area contributed by atoms with Gasteiger partial charge in [-0.25, -0.2) is 19.2 Å². The molecule has 0 saturated carbocycles. The van der Waals surface area contributed by atoms with Crippen LogP contribution in [-0.2, 0) is 14.4 Å². The van der Waals surface area contributed by atoms with Crippen molar-refractivity contribution in [2.45, 2.75) is 50.7 Å². The Morgan fingerprint density at radius 3 is 2.28 bits per heavy atom. The van der Waals surface area contributed by atoms with Crippen LogP contribution in [-0.4, -0.2) is 80.7 Å². The molecule has 36 heavy (non-hydrogen) atoms. The molecule has 0 aliphatic carbocycles. The minimum absolute atomic E-state index is 0.0524. The molecule has 3 rings (SSSR count). The highest BCUT2D eigenvalue weighted by molar-refractivity contribution is 6.07. The molecule has 2 aliphatic heterocycles. The standard InChI is InChI=1S/C18H23N9O9/c1-2-8-13-25-26-18(36-13)24-16(34)20-11(30)7(6-10(28)29)19-14(32)22-17(35)23-15(33)21-12(31)9-4-3-5-27(8)9/h7-9H,2-6H2,1H3,(H,28,29)(H2,20,24,26,30,34)(H4,19,21,22,23,31,32,33,35)/t7-,8?,9-/m0/s1. The maximum atomic E-state index is 12.7. The summed E-state index contributed by atoms with van der Waals surface area (Å²) in [6.45, 7) is 2.24. The molecule has 1 saturated heterocycles. The Morgan fingerprint density at radius 1 is 0.944 bits per heavy atom. The number of imide groups is 4. The fraction of sp³-hybridized carbons (Fsp3) is 0.500. The molecule has 0 spiro atoms. The van der Waals surface area contributed by atoms with Gasteiger partial charge in [-0.2, -0.15) is 0 Å². The van der Waals surface area contributed by atoms with Crippen molar-refractivity contribution >= 4 is 47.9 Å². The number of nitrogens with one attached hydrogen (secondary N) is 6. The molecule has 1 aromatic rings. The summed E-state index contributed by atoms with van der Waals surface area (Å²) in [4.78, 5) is 86.1. The maximum absolute atomic E-state index is 12.7. The zero-order valence-corrected chi connectivity index (χ0v) is 18.8. The Bertz CT molecular complexity index is 1090. The van der Waals surface area contributed by atoms with E-state index >= 15 is 0 Å². The van der Waals surface area contributed by atoms with E-state index < -0.39 is 72.5 Å². The van der Waals surface area contributed by atoms with Crippen LogP contribution in [0.3, 0.4) is 0 Å². The van der Waals surface area contributed by atoms with Crippen molar-refractivity contribution in [2.24, 2.45) is 0 Å². The lowest BCUT2D eigenvalue weighted by molar-refractivity contribution is -0.139. The molecule has 18 heteroatoms. The number of carbonyl (C=O) groups is 7. The number of fused-ring (bicyclic) bond motifs is 3. The Hall–Kier alpha value is -4.61. The number of aromatic nitrogens is 2. The fourth-order valence-electron chi connectivity index (χ4n) is 3.78. The lowest BCUT2D eigenvalue weighted by atomic mass is 10.1. The molecule has 0 aromatic carbocycles. The highest BCUT2D eigenvalue weighted by atomic mass is 16.4. The number of nitrogens with zero attached hydrogens (tertiary/aromatic N) is 3. The molecule has 7 N–H and O–H groups in total. The van der Waals surface area contributed by atoms with E-state index in [2.05, 4.69) is 15.5 Å². The first-order valence-corrected chi connectivity index (χ1v) is 10.7. The average molecular weight is 509 g/mol. The van der Waals surface area contributed by atoms with Gasteiger partial charge < -0.3 is 14.8 Å². The normalized spacial score (nSPS) is 24.5. The Kier molecular flexibility index (Phi) is 8.10. The molecule has 1 aromatic heterocycles. The van der Waals surface area contributed by atoms with Crippen molar-refractivity contribution in [2.75, 3.05) is 11.9 Å². The van der Waals surface area contributed by atoms with Gasteiger partial charge in [0.15, 0.2) is 0 Å². The number of amides is 10. The summed E-state index contributed by atoms with van der Waals surface area (Å²) in [5, 5.41) is 27.8. The van der Waals surface area contributed by atoms with Crippen LogP contribution in [0.4, 0.5) is 25.2 Å². The van der Waals surface area contributed by atoms with E-state index in [1.54, 1.807) is 22.5 Å². The van der Waals surface area contributed by atoms with Crippen molar-refractivity contribution in [3.8, 4) is 0 Å². The number of carboxylic acid groups (broad SMARTS) is 1. The first-order chi connectivity index (χ1) is 17.1. The lowest BCUT2D eigenvalue weighted by Crippen LogP contribution is -2.56. The zero-order valence-electron chi connectivity index (χ0n) is 18.8. The fourth-order valence-corrected chi connectivity index (χ4v) is 3.78. The highest BCUT2D eigenvalue weighted by Crippen LogP contribution is 2.31. The molecule has 194 valence electrons. The van der Waals surface area contributed by atoms with Crippen LogP contribution in [0.1, 0.15) is 44.5 Å². The third kappa shape index (κ3) is 6.50. The van der Waals surface area contributed by atoms with E-state index in [1.165, 1.54) is 0 Å². The smallest absolute Gasteiger partial charge is 0.330 e. The maximum Gasteiger partial charge on any atom is 0.330 e. The number of anilines is 1. The Balaban J connectivity index is 1.88. The van der Waals surface area contributed by atoms with Gasteiger partial charge >= 0.3 is 36.1 Å². The first-order valence-electron chi connectivity index (χ1n) is 10.7. The predicted octanol–water partition coefficient (Wildman–Crippen LogP) is -1.26. The van der Waals surface area contributed by atoms with Crippen LogP contribution in [0.5, 0.6) is 0 Å². The van der Waals surface area contributed by atoms with Gasteiger partial charge in [0.1, 0.15) is 6.04 Å². The van der Waals surface area contributed by atoms with Crippen LogP contribution in [0.15, 0.2) is 4.42 Å². The van der Waals surface area contributed by atoms with Gasteiger partial charge in [-0.15, -0.1) is 5.10 Å². The summed E-state index contributed by atoms with van der Waals surface area (Å²) < 4.78 is 5.47. The van der Waals surface area contributed by atoms with Gasteiger partial charge in [-0.1, -0.05) is 12.0 Å². The Labute approximate surface area is 201 Å². The van der Waals surface area contributed by atoms with E-state index in [1.807, 2.05) is 16.0 Å². The van der Waals surface area contributed by atoms with E-state index in [9.17, 15) is 33.6 Å². The van der Waals surface area contributed by atoms with E-state index in [0.29, 0.717) is 25.8 Å². The molecule has 1 fully saturated rings. The number of carboxylic acids is 1. The summed E-state index contributed by atoms with van der Waals surface area (Å²) >= 11 is 0. The number of hydrogen-bond donors (Lipinski definition) is 7. The topological polar surface area (TPSA) is 254 Å². The van der Waals surface area contributed by atoms with Gasteiger partial charge in [0.2, 0.25) is 11.8 Å². The van der Waals surface area contributed by atoms with Crippen molar-refractivity contribution in [1.29, 1.82) is 0 Å². The number of hydrogen-bond acceptors (Lipinski definition) is 11. The summed E-state index contributed by atoms with van der Waals surface area (Å²) in [6.07, 6.45) is 0.454. The van der Waals surface area contributed by atoms with E-state index in [4.69, 9.17) is 9.52 Å². The van der Waals surface area contributed by atoms with Crippen molar-refractivity contribution in [3.63, 3.8) is 0 Å². The van der Waals surface area contributed by atoms with Gasteiger partial charge in [0, 0.05) is 0 Å². The van der Waals surface area contributed by atoms with Crippen LogP contribution >= 0.6 is 0 Å². The minimum Gasteiger partial charge on any atom is -0.481 e. The quantitative estimate of drug-likeness (QED) is 0.252. The number of aliphatic carboxylic acids is 1. The third-order valence-electron chi connectivity index (χ3n) is 5.26. The van der Waals surface area contributed by atoms with Crippen molar-refractivity contribution in [1.82, 2.24) is 41.7 Å². The second kappa shape index (κ2) is 11.2. The summed E-state index contributed by atoms with van der Waals surface area (Å²) in [5.74, 6) is -3.42. The molecular weight excluding hydrogens is 486 g/mol. The van der Waals surface area contributed by atoms with Gasteiger partial charge in [0.05, 0.1) is 18.5 Å². The molecule has 0 radical (unpaired) electrons. The molecule has 18 nitrogen and oxygen atoms in total. The van der Waals surface area contributed by atoms with Crippen molar-refractivity contribution in [3.05, 3.63) is 5.89 Å². The summed E-state index contributed by atoms with van der Waals surface area (Å²) in [6, 6.07) is -8.65. The zero-order chi connectivity index (χ0) is 26.4. The van der Waals surface area contributed by atoms with Gasteiger partial charge in [-0.3, -0.25) is 45.9 Å². The molecule has 2 aliphatic rings.